The lowest BCUT2D eigenvalue weighted by Crippen LogP contribution is -2.44. The molecule has 0 aromatic heterocycles. The van der Waals surface area contributed by atoms with Crippen LogP contribution < -0.4 is 5.32 Å². The van der Waals surface area contributed by atoms with Gasteiger partial charge in [0.25, 0.3) is 0 Å². The molecule has 3 N–H and O–H groups in total. The van der Waals surface area contributed by atoms with Gasteiger partial charge in [-0.15, -0.1) is 0 Å². The number of aliphatic carboxylic acids is 1. The van der Waals surface area contributed by atoms with Gasteiger partial charge in [-0.05, 0) is 6.42 Å². The Bertz CT molecular complexity index is 404. The first-order valence-corrected chi connectivity index (χ1v) is 7.02. The molecule has 1 heterocycles. The second kappa shape index (κ2) is 5.46. The number of carboxylic acids is 1. The van der Waals surface area contributed by atoms with Crippen molar-refractivity contribution in [1.29, 1.82) is 0 Å². The molecule has 17 heavy (non-hydrogen) atoms. The van der Waals surface area contributed by atoms with Crippen molar-refractivity contribution in [3.63, 3.8) is 0 Å². The zero-order valence-corrected chi connectivity index (χ0v) is 9.94. The first-order valence-electron chi connectivity index (χ1n) is 5.20. The predicted octanol–water partition coefficient (Wildman–Crippen LogP) is -1.63. The second-order valence-corrected chi connectivity index (χ2v) is 6.24. The van der Waals surface area contributed by atoms with Gasteiger partial charge in [-0.25, -0.2) is 13.2 Å². The zero-order chi connectivity index (χ0) is 13.1. The number of nitrogens with one attached hydrogen (secondary N) is 1. The number of carbonyl (C=O) groups is 2. The number of carbonyl (C=O) groups excluding carboxylic acids is 1. The zero-order valence-electron chi connectivity index (χ0n) is 9.13. The number of aliphatic hydroxyl groups excluding tert-OH is 1. The van der Waals surface area contributed by atoms with Gasteiger partial charge >= 0.3 is 5.97 Å². The molecule has 98 valence electrons. The van der Waals surface area contributed by atoms with Crippen molar-refractivity contribution < 1.29 is 28.2 Å². The summed E-state index contributed by atoms with van der Waals surface area (Å²) in [6.07, 6.45) is 0.125. The molecule has 0 bridgehead atoms. The summed E-state index contributed by atoms with van der Waals surface area (Å²) in [6.45, 7) is -0.361. The van der Waals surface area contributed by atoms with Crippen molar-refractivity contribution in [2.24, 2.45) is 5.92 Å². The van der Waals surface area contributed by atoms with Crippen molar-refractivity contribution in [2.45, 2.75) is 18.9 Å². The van der Waals surface area contributed by atoms with Crippen LogP contribution in [-0.2, 0) is 19.4 Å². The van der Waals surface area contributed by atoms with Crippen molar-refractivity contribution in [3.8, 4) is 0 Å². The maximum Gasteiger partial charge on any atom is 0.326 e. The van der Waals surface area contributed by atoms with Crippen molar-refractivity contribution >= 4 is 21.7 Å². The average Bonchev–Trinajstić information content (AvgIpc) is 2.58. The van der Waals surface area contributed by atoms with Crippen LogP contribution in [0.3, 0.4) is 0 Å². The summed E-state index contributed by atoms with van der Waals surface area (Å²) in [5, 5.41) is 19.6. The number of carboxylic acid groups (broad SMARTS) is 1. The molecule has 0 spiro atoms. The molecule has 2 unspecified atom stereocenters. The van der Waals surface area contributed by atoms with Gasteiger partial charge in [0, 0.05) is 13.0 Å². The smallest absolute Gasteiger partial charge is 0.326 e. The summed E-state index contributed by atoms with van der Waals surface area (Å²) in [6, 6.07) is -1.17. The summed E-state index contributed by atoms with van der Waals surface area (Å²) in [5.41, 5.74) is 0. The topological polar surface area (TPSA) is 121 Å². The van der Waals surface area contributed by atoms with Crippen LogP contribution in [0.25, 0.3) is 0 Å². The third-order valence-electron chi connectivity index (χ3n) is 2.64. The van der Waals surface area contributed by atoms with E-state index in [0.29, 0.717) is 0 Å². The van der Waals surface area contributed by atoms with E-state index in [4.69, 9.17) is 10.2 Å². The van der Waals surface area contributed by atoms with Crippen molar-refractivity contribution in [1.82, 2.24) is 5.32 Å². The van der Waals surface area contributed by atoms with Gasteiger partial charge in [0.2, 0.25) is 5.91 Å². The molecule has 1 aliphatic heterocycles. The Labute approximate surface area is 98.7 Å². The Morgan fingerprint density at radius 1 is 1.41 bits per heavy atom. The Hall–Kier alpha value is -1.15. The maximum absolute atomic E-state index is 11.6. The van der Waals surface area contributed by atoms with Gasteiger partial charge in [0.15, 0.2) is 9.84 Å². The van der Waals surface area contributed by atoms with Gasteiger partial charge in [-0.1, -0.05) is 0 Å². The molecule has 1 aliphatic rings. The van der Waals surface area contributed by atoms with Gasteiger partial charge in [-0.2, -0.15) is 0 Å². The fourth-order valence-corrected chi connectivity index (χ4v) is 3.42. The van der Waals surface area contributed by atoms with E-state index in [1.165, 1.54) is 0 Å². The molecule has 0 aliphatic carbocycles. The highest BCUT2D eigenvalue weighted by molar-refractivity contribution is 7.91. The lowest BCUT2D eigenvalue weighted by Gasteiger charge is -2.15. The summed E-state index contributed by atoms with van der Waals surface area (Å²) in [5.74, 6) is -2.77. The fraction of sp³-hybridized carbons (Fsp3) is 0.778. The molecule has 8 heteroatoms. The summed E-state index contributed by atoms with van der Waals surface area (Å²) >= 11 is 0. The van der Waals surface area contributed by atoms with E-state index in [2.05, 4.69) is 5.32 Å². The standard InChI is InChI=1S/C9H15NO6S/c11-3-1-7(9(13)14)10-8(12)6-2-4-17(15,16)5-6/h6-7,11H,1-5H2,(H,10,12)(H,13,14). The third kappa shape index (κ3) is 3.97. The number of hydrogen-bond donors (Lipinski definition) is 3. The lowest BCUT2D eigenvalue weighted by atomic mass is 10.1. The normalized spacial score (nSPS) is 24.2. The van der Waals surface area contributed by atoms with Crippen LogP contribution in [0.5, 0.6) is 0 Å². The van der Waals surface area contributed by atoms with Crippen molar-refractivity contribution in [3.05, 3.63) is 0 Å². The van der Waals surface area contributed by atoms with Crippen LogP contribution in [0.2, 0.25) is 0 Å². The minimum absolute atomic E-state index is 0.0389. The van der Waals surface area contributed by atoms with Gasteiger partial charge in [0.1, 0.15) is 6.04 Å². The Morgan fingerprint density at radius 2 is 2.06 bits per heavy atom. The Kier molecular flexibility index (Phi) is 4.47. The number of sulfone groups is 1. The minimum Gasteiger partial charge on any atom is -0.480 e. The predicted molar refractivity (Wildman–Crippen MR) is 58.0 cm³/mol. The molecule has 1 saturated heterocycles. The van der Waals surface area contributed by atoms with E-state index in [-0.39, 0.29) is 31.0 Å². The molecule has 2 atom stereocenters. The highest BCUT2D eigenvalue weighted by Crippen LogP contribution is 2.18. The fourth-order valence-electron chi connectivity index (χ4n) is 1.68. The van der Waals surface area contributed by atoms with Crippen LogP contribution in [0.4, 0.5) is 0 Å². The van der Waals surface area contributed by atoms with Crippen LogP contribution in [-0.4, -0.2) is 54.7 Å². The van der Waals surface area contributed by atoms with E-state index >= 15 is 0 Å². The largest absolute Gasteiger partial charge is 0.480 e. The summed E-state index contributed by atoms with van der Waals surface area (Å²) in [7, 11) is -3.17. The van der Waals surface area contributed by atoms with Crippen LogP contribution in [0.1, 0.15) is 12.8 Å². The highest BCUT2D eigenvalue weighted by Gasteiger charge is 2.34. The molecule has 1 amide bonds. The van der Waals surface area contributed by atoms with E-state index < -0.39 is 33.7 Å². The summed E-state index contributed by atoms with van der Waals surface area (Å²) in [4.78, 5) is 22.3. The van der Waals surface area contributed by atoms with E-state index in [1.54, 1.807) is 0 Å². The molecular weight excluding hydrogens is 250 g/mol. The molecule has 0 radical (unpaired) electrons. The third-order valence-corrected chi connectivity index (χ3v) is 4.40. The SMILES string of the molecule is O=C(NC(CCO)C(=O)O)C1CCS(=O)(=O)C1. The minimum atomic E-state index is -3.17. The molecule has 0 aromatic carbocycles. The quantitative estimate of drug-likeness (QED) is 0.549. The van der Waals surface area contributed by atoms with E-state index in [1.807, 2.05) is 0 Å². The number of amides is 1. The van der Waals surface area contributed by atoms with Crippen LogP contribution >= 0.6 is 0 Å². The van der Waals surface area contributed by atoms with E-state index in [9.17, 15) is 18.0 Å². The lowest BCUT2D eigenvalue weighted by molar-refractivity contribution is -0.142. The average molecular weight is 265 g/mol. The van der Waals surface area contributed by atoms with Crippen LogP contribution in [0.15, 0.2) is 0 Å². The maximum atomic E-state index is 11.6. The molecule has 7 nitrogen and oxygen atoms in total. The first kappa shape index (κ1) is 13.9. The molecule has 0 saturated carbocycles. The van der Waals surface area contributed by atoms with Crippen LogP contribution in [0, 0.1) is 5.92 Å². The van der Waals surface area contributed by atoms with Gasteiger partial charge < -0.3 is 15.5 Å². The van der Waals surface area contributed by atoms with Gasteiger partial charge in [0.05, 0.1) is 17.4 Å². The number of hydrogen-bond acceptors (Lipinski definition) is 5. The second-order valence-electron chi connectivity index (χ2n) is 4.01. The molecular formula is C9H15NO6S. The van der Waals surface area contributed by atoms with E-state index in [0.717, 1.165) is 0 Å². The Morgan fingerprint density at radius 3 is 2.47 bits per heavy atom. The summed E-state index contributed by atoms with van der Waals surface area (Å²) < 4.78 is 22.3. The van der Waals surface area contributed by atoms with Crippen molar-refractivity contribution in [2.75, 3.05) is 18.1 Å². The number of rotatable bonds is 5. The van der Waals surface area contributed by atoms with Gasteiger partial charge in [-0.3, -0.25) is 4.79 Å². The first-order chi connectivity index (χ1) is 7.85. The molecule has 1 rings (SSSR count). The molecule has 1 fully saturated rings. The monoisotopic (exact) mass is 265 g/mol. The molecule has 0 aromatic rings. The highest BCUT2D eigenvalue weighted by atomic mass is 32.2. The Balaban J connectivity index is 2.56. The number of aliphatic hydroxyl groups is 1.